The highest BCUT2D eigenvalue weighted by Crippen LogP contribution is 2.23. The summed E-state index contributed by atoms with van der Waals surface area (Å²) in [7, 11) is 3.21. The van der Waals surface area contributed by atoms with Gasteiger partial charge >= 0.3 is 0 Å². The molecule has 0 unspecified atom stereocenters. The van der Waals surface area contributed by atoms with Crippen LogP contribution in [-0.4, -0.2) is 29.8 Å². The third kappa shape index (κ3) is 4.31. The van der Waals surface area contributed by atoms with Gasteiger partial charge in [-0.05, 0) is 55.8 Å². The van der Waals surface area contributed by atoms with Gasteiger partial charge in [0.1, 0.15) is 11.5 Å². The number of allylic oxidation sites excluding steroid dienone is 1. The van der Waals surface area contributed by atoms with Crippen LogP contribution >= 0.6 is 0 Å². The van der Waals surface area contributed by atoms with Crippen molar-refractivity contribution in [2.24, 2.45) is 0 Å². The first-order valence-electron chi connectivity index (χ1n) is 9.05. The lowest BCUT2D eigenvalue weighted by Gasteiger charge is -2.11. The Bertz CT molecular complexity index is 1020. The molecule has 0 saturated carbocycles. The second kappa shape index (κ2) is 8.57. The van der Waals surface area contributed by atoms with Gasteiger partial charge in [-0.2, -0.15) is 5.10 Å². The van der Waals surface area contributed by atoms with Crippen LogP contribution in [0.4, 0.5) is 0 Å². The van der Waals surface area contributed by atoms with E-state index >= 15 is 0 Å². The van der Waals surface area contributed by atoms with Crippen molar-refractivity contribution in [3.05, 3.63) is 82.7 Å². The van der Waals surface area contributed by atoms with Crippen LogP contribution in [0.3, 0.4) is 0 Å². The number of aromatic nitrogens is 2. The first-order chi connectivity index (χ1) is 13.5. The Morgan fingerprint density at radius 2 is 1.79 bits per heavy atom. The smallest absolute Gasteiger partial charge is 0.189 e. The summed E-state index contributed by atoms with van der Waals surface area (Å²) < 4.78 is 12.7. The van der Waals surface area contributed by atoms with Gasteiger partial charge in [-0.15, -0.1) is 0 Å². The highest BCUT2D eigenvalue weighted by atomic mass is 16.5. The molecular weight excluding hydrogens is 352 g/mol. The average Bonchev–Trinajstić information content (AvgIpc) is 3.03. The molecule has 0 saturated heterocycles. The fourth-order valence-corrected chi connectivity index (χ4v) is 3.13. The van der Waals surface area contributed by atoms with Crippen LogP contribution < -0.4 is 9.47 Å². The van der Waals surface area contributed by atoms with Crippen molar-refractivity contribution >= 4 is 11.9 Å². The highest BCUT2D eigenvalue weighted by Gasteiger charge is 2.10. The molecule has 0 atom stereocenters. The minimum atomic E-state index is -0.103. The number of aryl methyl sites for hydroxylation is 2. The molecule has 0 N–H and O–H groups in total. The second-order valence-corrected chi connectivity index (χ2v) is 6.55. The van der Waals surface area contributed by atoms with Crippen molar-refractivity contribution in [2.45, 2.75) is 20.4 Å². The molecule has 5 nitrogen and oxygen atoms in total. The Morgan fingerprint density at radius 3 is 2.46 bits per heavy atom. The number of carbonyl (C=O) groups is 1. The van der Waals surface area contributed by atoms with Crippen LogP contribution in [0.5, 0.6) is 11.5 Å². The van der Waals surface area contributed by atoms with Gasteiger partial charge < -0.3 is 9.47 Å². The second-order valence-electron chi connectivity index (χ2n) is 6.55. The zero-order chi connectivity index (χ0) is 20.1. The van der Waals surface area contributed by atoms with Crippen LogP contribution in [-0.2, 0) is 6.54 Å². The maximum absolute atomic E-state index is 12.5. The number of ketones is 1. The average molecular weight is 376 g/mol. The van der Waals surface area contributed by atoms with Crippen LogP contribution in [0.25, 0.3) is 6.08 Å². The monoisotopic (exact) mass is 376 g/mol. The number of rotatable bonds is 7. The molecule has 0 fully saturated rings. The standard InChI is InChI=1S/C23H24N2O3/c1-16-13-17(2)25(24-16)15-19-14-18(10-12-22(19)27-3)9-11-21(26)20-7-5-6-8-23(20)28-4/h5-14H,15H2,1-4H3/b11-9+. The zero-order valence-electron chi connectivity index (χ0n) is 16.6. The Hall–Kier alpha value is -3.34. The molecule has 1 heterocycles. The molecule has 3 rings (SSSR count). The van der Waals surface area contributed by atoms with E-state index in [0.717, 1.165) is 28.3 Å². The van der Waals surface area contributed by atoms with E-state index in [9.17, 15) is 4.79 Å². The minimum absolute atomic E-state index is 0.103. The molecule has 1 aromatic heterocycles. The maximum atomic E-state index is 12.5. The van der Waals surface area contributed by atoms with Gasteiger partial charge in [0.15, 0.2) is 5.78 Å². The molecule has 28 heavy (non-hydrogen) atoms. The Labute approximate surface area is 165 Å². The van der Waals surface area contributed by atoms with E-state index in [0.29, 0.717) is 17.9 Å². The van der Waals surface area contributed by atoms with E-state index in [-0.39, 0.29) is 5.78 Å². The van der Waals surface area contributed by atoms with Gasteiger partial charge in [-0.25, -0.2) is 0 Å². The molecule has 0 bridgehead atoms. The van der Waals surface area contributed by atoms with Crippen molar-refractivity contribution < 1.29 is 14.3 Å². The van der Waals surface area contributed by atoms with E-state index < -0.39 is 0 Å². The predicted octanol–water partition coefficient (Wildman–Crippen LogP) is 4.46. The minimum Gasteiger partial charge on any atom is -0.496 e. The largest absolute Gasteiger partial charge is 0.496 e. The summed E-state index contributed by atoms with van der Waals surface area (Å²) in [6, 6.07) is 15.1. The number of benzene rings is 2. The number of methoxy groups -OCH3 is 2. The van der Waals surface area contributed by atoms with Gasteiger partial charge in [0.2, 0.25) is 0 Å². The van der Waals surface area contributed by atoms with E-state index in [1.54, 1.807) is 38.5 Å². The van der Waals surface area contributed by atoms with Gasteiger partial charge in [0, 0.05) is 11.3 Å². The first kappa shape index (κ1) is 19.4. The normalized spacial score (nSPS) is 11.0. The third-order valence-electron chi connectivity index (χ3n) is 4.53. The summed E-state index contributed by atoms with van der Waals surface area (Å²) in [5.41, 5.74) is 4.53. The van der Waals surface area contributed by atoms with Crippen LogP contribution in [0.1, 0.15) is 32.9 Å². The van der Waals surface area contributed by atoms with Crippen molar-refractivity contribution in [3.63, 3.8) is 0 Å². The van der Waals surface area contributed by atoms with Gasteiger partial charge in [-0.3, -0.25) is 9.48 Å². The van der Waals surface area contributed by atoms with Crippen molar-refractivity contribution in [3.8, 4) is 11.5 Å². The number of nitrogens with zero attached hydrogens (tertiary/aromatic N) is 2. The van der Waals surface area contributed by atoms with E-state index in [4.69, 9.17) is 9.47 Å². The predicted molar refractivity (Wildman–Crippen MR) is 110 cm³/mol. The van der Waals surface area contributed by atoms with Crippen LogP contribution in [0, 0.1) is 13.8 Å². The number of ether oxygens (including phenoxy) is 2. The summed E-state index contributed by atoms with van der Waals surface area (Å²) in [4.78, 5) is 12.5. The van der Waals surface area contributed by atoms with E-state index in [1.165, 1.54) is 0 Å². The zero-order valence-corrected chi connectivity index (χ0v) is 16.6. The topological polar surface area (TPSA) is 53.4 Å². The quantitative estimate of drug-likeness (QED) is 0.451. The number of hydrogen-bond donors (Lipinski definition) is 0. The molecule has 0 aliphatic heterocycles. The Kier molecular flexibility index (Phi) is 5.94. The van der Waals surface area contributed by atoms with E-state index in [2.05, 4.69) is 5.10 Å². The van der Waals surface area contributed by atoms with Gasteiger partial charge in [0.25, 0.3) is 0 Å². The van der Waals surface area contributed by atoms with E-state index in [1.807, 2.05) is 54.9 Å². The highest BCUT2D eigenvalue weighted by molar-refractivity contribution is 6.08. The van der Waals surface area contributed by atoms with Gasteiger partial charge in [0.05, 0.1) is 32.0 Å². The summed E-state index contributed by atoms with van der Waals surface area (Å²) in [6.45, 7) is 4.61. The molecular formula is C23H24N2O3. The molecule has 3 aromatic rings. The summed E-state index contributed by atoms with van der Waals surface area (Å²) in [6.07, 6.45) is 3.37. The number of hydrogen-bond acceptors (Lipinski definition) is 4. The van der Waals surface area contributed by atoms with Gasteiger partial charge in [-0.1, -0.05) is 24.3 Å². The summed E-state index contributed by atoms with van der Waals surface area (Å²) in [5.74, 6) is 1.26. The maximum Gasteiger partial charge on any atom is 0.189 e. The molecule has 0 aliphatic carbocycles. The fourth-order valence-electron chi connectivity index (χ4n) is 3.13. The van der Waals surface area contributed by atoms with Crippen LogP contribution in [0.15, 0.2) is 54.6 Å². The summed E-state index contributed by atoms with van der Waals surface area (Å²) in [5, 5.41) is 4.52. The fraction of sp³-hybridized carbons (Fsp3) is 0.217. The Balaban J connectivity index is 1.85. The van der Waals surface area contributed by atoms with Crippen molar-refractivity contribution in [1.29, 1.82) is 0 Å². The van der Waals surface area contributed by atoms with Crippen molar-refractivity contribution in [2.75, 3.05) is 14.2 Å². The molecule has 144 valence electrons. The first-order valence-corrected chi connectivity index (χ1v) is 9.05. The summed E-state index contributed by atoms with van der Waals surface area (Å²) >= 11 is 0. The number of para-hydroxylation sites is 1. The number of carbonyl (C=O) groups excluding carboxylic acids is 1. The van der Waals surface area contributed by atoms with Crippen molar-refractivity contribution in [1.82, 2.24) is 9.78 Å². The lowest BCUT2D eigenvalue weighted by Crippen LogP contribution is -2.05. The lowest BCUT2D eigenvalue weighted by atomic mass is 10.1. The van der Waals surface area contributed by atoms with Crippen LogP contribution in [0.2, 0.25) is 0 Å². The molecule has 0 amide bonds. The SMILES string of the molecule is COc1ccc(/C=C/C(=O)c2ccccc2OC)cc1Cn1nc(C)cc1C. The Morgan fingerprint density at radius 1 is 1.04 bits per heavy atom. The third-order valence-corrected chi connectivity index (χ3v) is 4.53. The lowest BCUT2D eigenvalue weighted by molar-refractivity contribution is 0.104. The molecule has 2 aromatic carbocycles. The molecule has 0 spiro atoms. The molecule has 5 heteroatoms. The molecule has 0 aliphatic rings. The molecule has 0 radical (unpaired) electrons.